The van der Waals surface area contributed by atoms with E-state index in [0.717, 1.165) is 12.8 Å². The van der Waals surface area contributed by atoms with Gasteiger partial charge in [-0.05, 0) is 18.9 Å². The fourth-order valence-electron chi connectivity index (χ4n) is 3.14. The Morgan fingerprint density at radius 3 is 2.55 bits per heavy atom. The molecule has 0 bridgehead atoms. The van der Waals surface area contributed by atoms with Crippen LogP contribution >= 0.6 is 0 Å². The first-order valence-electron chi connectivity index (χ1n) is 7.43. The van der Waals surface area contributed by atoms with Gasteiger partial charge in [-0.2, -0.15) is 0 Å². The van der Waals surface area contributed by atoms with Crippen LogP contribution in [0.25, 0.3) is 0 Å². The third-order valence-corrected chi connectivity index (χ3v) is 4.74. The van der Waals surface area contributed by atoms with Crippen LogP contribution in [0.1, 0.15) is 36.6 Å². The average Bonchev–Trinajstić information content (AvgIpc) is 3.00. The van der Waals surface area contributed by atoms with Crippen LogP contribution in [-0.4, -0.2) is 30.5 Å². The number of halogens is 1. The van der Waals surface area contributed by atoms with Gasteiger partial charge < -0.3 is 13.9 Å². The molecule has 1 aliphatic carbocycles. The first-order valence-corrected chi connectivity index (χ1v) is 7.43. The normalized spacial score (nSPS) is 26.3. The lowest BCUT2D eigenvalue weighted by Crippen LogP contribution is -2.29. The molecular weight excluding hydrogens is 287 g/mol. The van der Waals surface area contributed by atoms with Gasteiger partial charge in [0.25, 0.3) is 5.89 Å². The van der Waals surface area contributed by atoms with Gasteiger partial charge >= 0.3 is 0 Å². The predicted octanol–water partition coefficient (Wildman–Crippen LogP) is 2.55. The summed E-state index contributed by atoms with van der Waals surface area (Å²) in [6.45, 7) is 1.00. The lowest BCUT2D eigenvalue weighted by Gasteiger charge is -2.20. The molecular formula is C16H17FN2O3. The van der Waals surface area contributed by atoms with Crippen LogP contribution in [0.3, 0.4) is 0 Å². The second-order valence-corrected chi connectivity index (χ2v) is 5.98. The van der Waals surface area contributed by atoms with E-state index in [4.69, 9.17) is 13.9 Å². The molecule has 0 spiro atoms. The molecule has 0 N–H and O–H groups in total. The number of nitrogens with zero attached hydrogens (tertiary/aromatic N) is 2. The Bertz CT molecular complexity index is 690. The van der Waals surface area contributed by atoms with Crippen molar-refractivity contribution in [1.82, 2.24) is 10.2 Å². The highest BCUT2D eigenvalue weighted by atomic mass is 19.1. The predicted molar refractivity (Wildman–Crippen MR) is 74.8 cm³/mol. The highest BCUT2D eigenvalue weighted by Gasteiger charge is 2.53. The van der Waals surface area contributed by atoms with E-state index in [1.54, 1.807) is 19.2 Å². The Kier molecular flexibility index (Phi) is 3.06. The van der Waals surface area contributed by atoms with E-state index in [-0.39, 0.29) is 5.82 Å². The Balaban J connectivity index is 1.72. The minimum atomic E-state index is -0.670. The van der Waals surface area contributed by atoms with Gasteiger partial charge in [0, 0.05) is 19.1 Å². The molecule has 6 heteroatoms. The van der Waals surface area contributed by atoms with Crippen molar-refractivity contribution < 1.29 is 18.3 Å². The molecule has 0 radical (unpaired) electrons. The van der Waals surface area contributed by atoms with Gasteiger partial charge in [0.15, 0.2) is 5.60 Å². The van der Waals surface area contributed by atoms with Crippen molar-refractivity contribution >= 4 is 0 Å². The van der Waals surface area contributed by atoms with Crippen molar-refractivity contribution in [1.29, 1.82) is 0 Å². The van der Waals surface area contributed by atoms with Gasteiger partial charge in [-0.3, -0.25) is 0 Å². The lowest BCUT2D eigenvalue weighted by molar-refractivity contribution is -0.0418. The first-order chi connectivity index (χ1) is 10.7. The van der Waals surface area contributed by atoms with E-state index in [9.17, 15) is 4.39 Å². The lowest BCUT2D eigenvalue weighted by atomic mass is 9.95. The quantitative estimate of drug-likeness (QED) is 0.869. The Labute approximate surface area is 127 Å². The standard InChI is InChI=1S/C16H17FN2O3/c1-20-16(8-9-21-10-16)14-19-18-13(22-14)15(6-7-15)11-4-2-3-5-12(11)17/h2-5H,6-10H2,1H3. The maximum atomic E-state index is 14.1. The minimum absolute atomic E-state index is 0.231. The molecule has 1 atom stereocenters. The molecule has 4 rings (SSSR count). The molecule has 1 saturated heterocycles. The van der Waals surface area contributed by atoms with Crippen molar-refractivity contribution in [3.05, 3.63) is 47.4 Å². The van der Waals surface area contributed by atoms with E-state index in [1.165, 1.54) is 6.07 Å². The number of rotatable bonds is 4. The summed E-state index contributed by atoms with van der Waals surface area (Å²) in [5.41, 5.74) is -0.527. The smallest absolute Gasteiger partial charge is 0.250 e. The fourth-order valence-corrected chi connectivity index (χ4v) is 3.14. The average molecular weight is 304 g/mol. The van der Waals surface area contributed by atoms with Crippen molar-refractivity contribution in [2.45, 2.75) is 30.3 Å². The molecule has 116 valence electrons. The molecule has 1 aromatic carbocycles. The number of hydrogen-bond acceptors (Lipinski definition) is 5. The first kappa shape index (κ1) is 13.8. The van der Waals surface area contributed by atoms with Gasteiger partial charge in [-0.15, -0.1) is 10.2 Å². The van der Waals surface area contributed by atoms with E-state index < -0.39 is 11.0 Å². The minimum Gasteiger partial charge on any atom is -0.421 e. The van der Waals surface area contributed by atoms with Crippen molar-refractivity contribution in [2.75, 3.05) is 20.3 Å². The molecule has 1 aliphatic heterocycles. The summed E-state index contributed by atoms with van der Waals surface area (Å²) >= 11 is 0. The molecule has 22 heavy (non-hydrogen) atoms. The van der Waals surface area contributed by atoms with Crippen molar-refractivity contribution in [2.24, 2.45) is 0 Å². The van der Waals surface area contributed by atoms with Crippen LogP contribution in [-0.2, 0) is 20.5 Å². The summed E-state index contributed by atoms with van der Waals surface area (Å²) in [4.78, 5) is 0. The third kappa shape index (κ3) is 1.90. The van der Waals surface area contributed by atoms with Gasteiger partial charge in [0.05, 0.1) is 18.6 Å². The zero-order chi connectivity index (χ0) is 15.2. The monoisotopic (exact) mass is 304 g/mol. The van der Waals surface area contributed by atoms with E-state index in [0.29, 0.717) is 37.0 Å². The second-order valence-electron chi connectivity index (χ2n) is 5.98. The zero-order valence-corrected chi connectivity index (χ0v) is 12.3. The highest BCUT2D eigenvalue weighted by molar-refractivity contribution is 5.39. The van der Waals surface area contributed by atoms with Gasteiger partial charge in [0.2, 0.25) is 5.89 Å². The third-order valence-electron chi connectivity index (χ3n) is 4.74. The molecule has 2 fully saturated rings. The second kappa shape index (κ2) is 4.86. The number of methoxy groups -OCH3 is 1. The molecule has 1 unspecified atom stereocenters. The number of hydrogen-bond donors (Lipinski definition) is 0. The van der Waals surface area contributed by atoms with Crippen LogP contribution in [0.4, 0.5) is 4.39 Å². The Morgan fingerprint density at radius 1 is 1.14 bits per heavy atom. The van der Waals surface area contributed by atoms with Crippen molar-refractivity contribution in [3.8, 4) is 0 Å². The maximum Gasteiger partial charge on any atom is 0.250 e. The molecule has 2 heterocycles. The summed E-state index contributed by atoms with van der Waals surface area (Å²) in [5.74, 6) is 0.659. The van der Waals surface area contributed by atoms with Crippen molar-refractivity contribution in [3.63, 3.8) is 0 Å². The molecule has 2 aromatic rings. The Hall–Kier alpha value is -1.79. The molecule has 0 amide bonds. The van der Waals surface area contributed by atoms with Gasteiger partial charge in [-0.1, -0.05) is 18.2 Å². The van der Waals surface area contributed by atoms with Crippen LogP contribution in [0.2, 0.25) is 0 Å². The largest absolute Gasteiger partial charge is 0.421 e. The molecule has 1 saturated carbocycles. The van der Waals surface area contributed by atoms with Crippen LogP contribution < -0.4 is 0 Å². The summed E-state index contributed by atoms with van der Waals surface area (Å²) in [7, 11) is 1.61. The Morgan fingerprint density at radius 2 is 1.91 bits per heavy atom. The molecule has 5 nitrogen and oxygen atoms in total. The van der Waals surface area contributed by atoms with Gasteiger partial charge in [-0.25, -0.2) is 4.39 Å². The summed E-state index contributed by atoms with van der Waals surface area (Å²) in [6, 6.07) is 6.77. The zero-order valence-electron chi connectivity index (χ0n) is 12.3. The number of ether oxygens (including phenoxy) is 2. The summed E-state index contributed by atoms with van der Waals surface area (Å²) in [6.07, 6.45) is 2.30. The molecule has 2 aliphatic rings. The van der Waals surface area contributed by atoms with Crippen LogP contribution in [0.15, 0.2) is 28.7 Å². The van der Waals surface area contributed by atoms with E-state index in [2.05, 4.69) is 10.2 Å². The van der Waals surface area contributed by atoms with E-state index in [1.807, 2.05) is 6.07 Å². The summed E-state index contributed by atoms with van der Waals surface area (Å²) < 4.78 is 31.0. The highest BCUT2D eigenvalue weighted by Crippen LogP contribution is 2.54. The van der Waals surface area contributed by atoms with Crippen LogP contribution in [0, 0.1) is 5.82 Å². The van der Waals surface area contributed by atoms with E-state index >= 15 is 0 Å². The number of aromatic nitrogens is 2. The molecule has 1 aromatic heterocycles. The fraction of sp³-hybridized carbons (Fsp3) is 0.500. The SMILES string of the molecule is COC1(c2nnc(C3(c4ccccc4F)CC3)o2)CCOC1. The maximum absolute atomic E-state index is 14.1. The van der Waals surface area contributed by atoms with Gasteiger partial charge in [0.1, 0.15) is 5.82 Å². The number of benzene rings is 1. The van der Waals surface area contributed by atoms with Crippen LogP contribution in [0.5, 0.6) is 0 Å². The summed E-state index contributed by atoms with van der Waals surface area (Å²) in [5, 5.41) is 8.35. The topological polar surface area (TPSA) is 57.4 Å².